The molecule has 1 saturated heterocycles. The summed E-state index contributed by atoms with van der Waals surface area (Å²) in [6, 6.07) is 0. The molecule has 1 aliphatic heterocycles. The first kappa shape index (κ1) is 10.4. The summed E-state index contributed by atoms with van der Waals surface area (Å²) >= 11 is 0. The zero-order valence-electron chi connectivity index (χ0n) is 9.90. The summed E-state index contributed by atoms with van der Waals surface area (Å²) in [7, 11) is 0. The Bertz CT molecular complexity index is 204. The van der Waals surface area contributed by atoms with Gasteiger partial charge in [-0.2, -0.15) is 0 Å². The first-order valence-corrected chi connectivity index (χ1v) is 6.14. The fourth-order valence-electron chi connectivity index (χ4n) is 2.64. The molecule has 14 heavy (non-hydrogen) atoms. The van der Waals surface area contributed by atoms with Crippen LogP contribution in [0.15, 0.2) is 0 Å². The van der Waals surface area contributed by atoms with E-state index in [1.54, 1.807) is 0 Å². The van der Waals surface area contributed by atoms with Gasteiger partial charge in [0.15, 0.2) is 0 Å². The third kappa shape index (κ3) is 1.70. The van der Waals surface area contributed by atoms with Crippen LogP contribution in [0.2, 0.25) is 0 Å². The molecule has 0 amide bonds. The maximum Gasteiger partial charge on any atom is 0.0304 e. The SMILES string of the molecule is CCC1(CC)CN(C2(C)CC2)CCN1. The van der Waals surface area contributed by atoms with Gasteiger partial charge in [0.2, 0.25) is 0 Å². The second kappa shape index (κ2) is 3.49. The third-order valence-corrected chi connectivity index (χ3v) is 4.47. The lowest BCUT2D eigenvalue weighted by atomic mass is 9.89. The van der Waals surface area contributed by atoms with Gasteiger partial charge < -0.3 is 5.32 Å². The van der Waals surface area contributed by atoms with Crippen molar-refractivity contribution in [3.8, 4) is 0 Å². The molecule has 1 N–H and O–H groups in total. The zero-order valence-corrected chi connectivity index (χ0v) is 9.90. The smallest absolute Gasteiger partial charge is 0.0304 e. The van der Waals surface area contributed by atoms with Crippen molar-refractivity contribution in [1.82, 2.24) is 10.2 Å². The van der Waals surface area contributed by atoms with Crippen LogP contribution < -0.4 is 5.32 Å². The highest BCUT2D eigenvalue weighted by atomic mass is 15.3. The van der Waals surface area contributed by atoms with Crippen molar-refractivity contribution in [1.29, 1.82) is 0 Å². The molecule has 0 unspecified atom stereocenters. The van der Waals surface area contributed by atoms with E-state index >= 15 is 0 Å². The molecule has 2 rings (SSSR count). The van der Waals surface area contributed by atoms with Gasteiger partial charge >= 0.3 is 0 Å². The first-order chi connectivity index (χ1) is 6.64. The molecule has 0 aromatic heterocycles. The Morgan fingerprint density at radius 2 is 1.86 bits per heavy atom. The number of nitrogens with zero attached hydrogens (tertiary/aromatic N) is 1. The molecule has 1 saturated carbocycles. The van der Waals surface area contributed by atoms with Crippen LogP contribution in [-0.4, -0.2) is 35.6 Å². The molecule has 2 aliphatic rings. The monoisotopic (exact) mass is 196 g/mol. The molecule has 0 bridgehead atoms. The molecule has 0 spiro atoms. The summed E-state index contributed by atoms with van der Waals surface area (Å²) in [4.78, 5) is 2.72. The van der Waals surface area contributed by atoms with Gasteiger partial charge in [0.1, 0.15) is 0 Å². The van der Waals surface area contributed by atoms with E-state index in [-0.39, 0.29) is 0 Å². The number of hydrogen-bond donors (Lipinski definition) is 1. The molecule has 0 aromatic rings. The Morgan fingerprint density at radius 3 is 2.36 bits per heavy atom. The lowest BCUT2D eigenvalue weighted by Crippen LogP contribution is -2.62. The van der Waals surface area contributed by atoms with Crippen molar-refractivity contribution in [3.05, 3.63) is 0 Å². The van der Waals surface area contributed by atoms with Gasteiger partial charge in [-0.1, -0.05) is 13.8 Å². The molecule has 1 aliphatic carbocycles. The lowest BCUT2D eigenvalue weighted by molar-refractivity contribution is 0.0816. The fourth-order valence-corrected chi connectivity index (χ4v) is 2.64. The topological polar surface area (TPSA) is 15.3 Å². The van der Waals surface area contributed by atoms with Crippen LogP contribution in [0.25, 0.3) is 0 Å². The Hall–Kier alpha value is -0.0800. The zero-order chi connectivity index (χ0) is 10.2. The second-order valence-electron chi connectivity index (χ2n) is 5.33. The van der Waals surface area contributed by atoms with Crippen molar-refractivity contribution in [2.75, 3.05) is 19.6 Å². The Balaban J connectivity index is 2.02. The molecule has 2 nitrogen and oxygen atoms in total. The molecular formula is C12H24N2. The summed E-state index contributed by atoms with van der Waals surface area (Å²) < 4.78 is 0. The van der Waals surface area contributed by atoms with Gasteiger partial charge in [0, 0.05) is 30.7 Å². The van der Waals surface area contributed by atoms with Gasteiger partial charge in [0.05, 0.1) is 0 Å². The predicted molar refractivity (Wildman–Crippen MR) is 60.5 cm³/mol. The molecule has 2 fully saturated rings. The maximum absolute atomic E-state index is 3.72. The summed E-state index contributed by atoms with van der Waals surface area (Å²) in [5.41, 5.74) is 0.974. The van der Waals surface area contributed by atoms with E-state index in [1.165, 1.54) is 45.3 Å². The predicted octanol–water partition coefficient (Wildman–Crippen LogP) is 2.00. The highest BCUT2D eigenvalue weighted by molar-refractivity contribution is 5.05. The van der Waals surface area contributed by atoms with E-state index in [9.17, 15) is 0 Å². The molecule has 0 radical (unpaired) electrons. The third-order valence-electron chi connectivity index (χ3n) is 4.47. The minimum Gasteiger partial charge on any atom is -0.309 e. The quantitative estimate of drug-likeness (QED) is 0.743. The first-order valence-electron chi connectivity index (χ1n) is 6.14. The summed E-state index contributed by atoms with van der Waals surface area (Å²) in [6.45, 7) is 10.7. The largest absolute Gasteiger partial charge is 0.309 e. The standard InChI is InChI=1S/C12H24N2/c1-4-12(5-2)10-14(9-8-13-12)11(3)6-7-11/h13H,4-10H2,1-3H3. The second-order valence-corrected chi connectivity index (χ2v) is 5.33. The molecular weight excluding hydrogens is 172 g/mol. The van der Waals surface area contributed by atoms with Crippen LogP contribution in [-0.2, 0) is 0 Å². The number of piperazine rings is 1. The summed E-state index contributed by atoms with van der Waals surface area (Å²) in [5.74, 6) is 0. The Labute approximate surface area is 88.1 Å². The van der Waals surface area contributed by atoms with Gasteiger partial charge in [-0.15, -0.1) is 0 Å². The number of rotatable bonds is 3. The van der Waals surface area contributed by atoms with Crippen LogP contribution in [0.3, 0.4) is 0 Å². The van der Waals surface area contributed by atoms with Crippen LogP contribution in [0, 0.1) is 0 Å². The minimum absolute atomic E-state index is 0.407. The molecule has 0 atom stereocenters. The van der Waals surface area contributed by atoms with Crippen molar-refractivity contribution in [2.24, 2.45) is 0 Å². The van der Waals surface area contributed by atoms with Crippen LogP contribution in [0.5, 0.6) is 0 Å². The van der Waals surface area contributed by atoms with Gasteiger partial charge in [-0.3, -0.25) is 4.90 Å². The van der Waals surface area contributed by atoms with Crippen molar-refractivity contribution in [2.45, 2.75) is 57.5 Å². The molecule has 2 heteroatoms. The van der Waals surface area contributed by atoms with E-state index in [4.69, 9.17) is 0 Å². The highest BCUT2D eigenvalue weighted by Gasteiger charge is 2.46. The number of hydrogen-bond acceptors (Lipinski definition) is 2. The van der Waals surface area contributed by atoms with Gasteiger partial charge in [-0.25, -0.2) is 0 Å². The van der Waals surface area contributed by atoms with Gasteiger partial charge in [0.25, 0.3) is 0 Å². The van der Waals surface area contributed by atoms with Crippen molar-refractivity contribution in [3.63, 3.8) is 0 Å². The average Bonchev–Trinajstić information content (AvgIpc) is 2.98. The van der Waals surface area contributed by atoms with Crippen LogP contribution >= 0.6 is 0 Å². The Morgan fingerprint density at radius 1 is 1.21 bits per heavy atom. The normalized spacial score (nSPS) is 30.2. The van der Waals surface area contributed by atoms with Gasteiger partial charge in [-0.05, 0) is 32.6 Å². The molecule has 82 valence electrons. The molecule has 1 heterocycles. The van der Waals surface area contributed by atoms with E-state index in [2.05, 4.69) is 31.0 Å². The fraction of sp³-hybridized carbons (Fsp3) is 1.00. The van der Waals surface area contributed by atoms with E-state index in [0.29, 0.717) is 11.1 Å². The maximum atomic E-state index is 3.72. The minimum atomic E-state index is 0.407. The highest BCUT2D eigenvalue weighted by Crippen LogP contribution is 2.42. The van der Waals surface area contributed by atoms with E-state index < -0.39 is 0 Å². The average molecular weight is 196 g/mol. The number of nitrogens with one attached hydrogen (secondary N) is 1. The van der Waals surface area contributed by atoms with Crippen LogP contribution in [0.4, 0.5) is 0 Å². The lowest BCUT2D eigenvalue weighted by Gasteiger charge is -2.45. The Kier molecular flexibility index (Phi) is 2.61. The molecule has 0 aromatic carbocycles. The van der Waals surface area contributed by atoms with E-state index in [1.807, 2.05) is 0 Å². The van der Waals surface area contributed by atoms with Crippen molar-refractivity contribution >= 4 is 0 Å². The summed E-state index contributed by atoms with van der Waals surface area (Å²) in [6.07, 6.45) is 5.35. The van der Waals surface area contributed by atoms with Crippen molar-refractivity contribution < 1.29 is 0 Å². The summed E-state index contributed by atoms with van der Waals surface area (Å²) in [5, 5.41) is 3.72. The van der Waals surface area contributed by atoms with Crippen LogP contribution in [0.1, 0.15) is 46.5 Å². The van der Waals surface area contributed by atoms with E-state index in [0.717, 1.165) is 0 Å².